The topological polar surface area (TPSA) is 57.6 Å². The Labute approximate surface area is 128 Å². The lowest BCUT2D eigenvalue weighted by Gasteiger charge is -2.24. The van der Waals surface area contributed by atoms with Gasteiger partial charge in [0.1, 0.15) is 6.54 Å². The lowest BCUT2D eigenvalue weighted by Crippen LogP contribution is -2.40. The second-order valence-corrected chi connectivity index (χ2v) is 7.53. The molecule has 0 aromatic heterocycles. The Balaban J connectivity index is 2.43. The minimum absolute atomic E-state index is 0.174. The summed E-state index contributed by atoms with van der Waals surface area (Å²) in [6.45, 7) is -1.89. The average molecular weight is 388 g/mol. The van der Waals surface area contributed by atoms with Gasteiger partial charge >= 0.3 is 6.18 Å². The van der Waals surface area contributed by atoms with E-state index in [1.165, 1.54) is 18.2 Å². The molecule has 1 saturated carbocycles. The molecule has 1 aliphatic rings. The van der Waals surface area contributed by atoms with Gasteiger partial charge in [-0.1, -0.05) is 6.07 Å². The fraction of sp³-hybridized carbons (Fsp3) is 0.500. The van der Waals surface area contributed by atoms with E-state index in [2.05, 4.69) is 15.9 Å². The van der Waals surface area contributed by atoms with Crippen LogP contribution in [0.5, 0.6) is 0 Å². The summed E-state index contributed by atoms with van der Waals surface area (Å²) in [5.74, 6) is 0. The highest BCUT2D eigenvalue weighted by Crippen LogP contribution is 2.36. The van der Waals surface area contributed by atoms with Gasteiger partial charge in [0.2, 0.25) is 10.0 Å². The Morgan fingerprint density at radius 2 is 1.95 bits per heavy atom. The van der Waals surface area contributed by atoms with Gasteiger partial charge < -0.3 is 5.11 Å². The molecule has 1 aromatic carbocycles. The molecule has 0 amide bonds. The van der Waals surface area contributed by atoms with Crippen LogP contribution in [0.2, 0.25) is 0 Å². The molecule has 118 valence electrons. The summed E-state index contributed by atoms with van der Waals surface area (Å²) in [7, 11) is -4.28. The van der Waals surface area contributed by atoms with Gasteiger partial charge in [-0.3, -0.25) is 0 Å². The molecule has 0 spiro atoms. The maximum atomic E-state index is 12.6. The molecule has 0 atom stereocenters. The molecule has 21 heavy (non-hydrogen) atoms. The van der Waals surface area contributed by atoms with Gasteiger partial charge in [-0.2, -0.15) is 17.5 Å². The largest absolute Gasteiger partial charge is 0.402 e. The Hall–Kier alpha value is -0.640. The molecular weight excluding hydrogens is 375 g/mol. The smallest absolute Gasteiger partial charge is 0.392 e. The van der Waals surface area contributed by atoms with Crippen molar-refractivity contribution in [2.45, 2.75) is 36.6 Å². The summed E-state index contributed by atoms with van der Waals surface area (Å²) in [6.07, 6.45) is -3.75. The van der Waals surface area contributed by atoms with E-state index in [1.807, 2.05) is 0 Å². The number of rotatable bonds is 5. The molecule has 1 aromatic rings. The summed E-state index contributed by atoms with van der Waals surface area (Å²) in [5, 5.41) is 9.06. The Morgan fingerprint density at radius 3 is 2.43 bits per heavy atom. The Bertz CT molecular complexity index is 629. The maximum absolute atomic E-state index is 12.6. The maximum Gasteiger partial charge on any atom is 0.402 e. The summed E-state index contributed by atoms with van der Waals surface area (Å²) < 4.78 is 63.5. The number of aliphatic hydroxyl groups excluding tert-OH is 1. The zero-order valence-electron chi connectivity index (χ0n) is 10.8. The number of hydrogen-bond donors (Lipinski definition) is 1. The Kier molecular flexibility index (Phi) is 4.67. The quantitative estimate of drug-likeness (QED) is 0.844. The molecule has 4 nitrogen and oxygen atoms in total. The highest BCUT2D eigenvalue weighted by molar-refractivity contribution is 9.10. The molecule has 0 unspecified atom stereocenters. The van der Waals surface area contributed by atoms with Crippen LogP contribution in [-0.4, -0.2) is 36.6 Å². The van der Waals surface area contributed by atoms with Crippen LogP contribution in [0.3, 0.4) is 0 Å². The normalized spacial score (nSPS) is 16.5. The van der Waals surface area contributed by atoms with E-state index in [0.29, 0.717) is 22.7 Å². The first-order valence-electron chi connectivity index (χ1n) is 6.13. The van der Waals surface area contributed by atoms with E-state index in [4.69, 9.17) is 5.11 Å². The van der Waals surface area contributed by atoms with E-state index in [9.17, 15) is 21.6 Å². The van der Waals surface area contributed by atoms with E-state index in [1.54, 1.807) is 0 Å². The van der Waals surface area contributed by atoms with E-state index >= 15 is 0 Å². The average Bonchev–Trinajstić information content (AvgIpc) is 3.19. The fourth-order valence-electron chi connectivity index (χ4n) is 1.92. The molecule has 0 radical (unpaired) electrons. The van der Waals surface area contributed by atoms with Crippen molar-refractivity contribution in [3.05, 3.63) is 28.2 Å². The van der Waals surface area contributed by atoms with Crippen LogP contribution < -0.4 is 0 Å². The van der Waals surface area contributed by atoms with Crippen LogP contribution in [0.1, 0.15) is 18.4 Å². The third kappa shape index (κ3) is 3.97. The molecule has 0 saturated heterocycles. The number of sulfonamides is 1. The number of halogens is 4. The third-order valence-electron chi connectivity index (χ3n) is 3.05. The van der Waals surface area contributed by atoms with Crippen LogP contribution in [0.4, 0.5) is 13.2 Å². The number of aliphatic hydroxyl groups is 1. The van der Waals surface area contributed by atoms with Gasteiger partial charge in [0, 0.05) is 10.5 Å². The van der Waals surface area contributed by atoms with Crippen molar-refractivity contribution >= 4 is 26.0 Å². The van der Waals surface area contributed by atoms with Gasteiger partial charge in [0.15, 0.2) is 0 Å². The summed E-state index contributed by atoms with van der Waals surface area (Å²) in [6, 6.07) is 3.47. The molecule has 0 aliphatic heterocycles. The molecular formula is C12H13BrF3NO3S. The molecule has 0 bridgehead atoms. The lowest BCUT2D eigenvalue weighted by molar-refractivity contribution is -0.137. The highest BCUT2D eigenvalue weighted by atomic mass is 79.9. The standard InChI is InChI=1S/C12H13BrF3NO3S/c13-10-4-1-8(6-18)5-11(10)21(19,20)17(9-2-3-9)7-12(14,15)16/h1,4-5,9,18H,2-3,6-7H2. The van der Waals surface area contributed by atoms with Crippen molar-refractivity contribution < 1.29 is 26.7 Å². The zero-order chi connectivity index (χ0) is 15.8. The number of hydrogen-bond acceptors (Lipinski definition) is 3. The first-order chi connectivity index (χ1) is 9.65. The minimum atomic E-state index is -4.60. The number of alkyl halides is 3. The summed E-state index contributed by atoms with van der Waals surface area (Å²) in [4.78, 5) is -0.259. The van der Waals surface area contributed by atoms with E-state index in [-0.39, 0.29) is 9.37 Å². The second kappa shape index (κ2) is 5.86. The van der Waals surface area contributed by atoms with Crippen molar-refractivity contribution in [2.24, 2.45) is 0 Å². The number of benzene rings is 1. The van der Waals surface area contributed by atoms with Crippen molar-refractivity contribution in [3.63, 3.8) is 0 Å². The first-order valence-corrected chi connectivity index (χ1v) is 8.36. The SMILES string of the molecule is O=S(=O)(c1cc(CO)ccc1Br)N(CC(F)(F)F)C1CC1. The molecule has 1 aliphatic carbocycles. The zero-order valence-corrected chi connectivity index (χ0v) is 13.2. The van der Waals surface area contributed by atoms with Crippen molar-refractivity contribution in [3.8, 4) is 0 Å². The molecule has 0 heterocycles. The van der Waals surface area contributed by atoms with Crippen LogP contribution in [0.15, 0.2) is 27.6 Å². The highest BCUT2D eigenvalue weighted by Gasteiger charge is 2.45. The van der Waals surface area contributed by atoms with Gasteiger partial charge in [0.05, 0.1) is 11.5 Å². The Morgan fingerprint density at radius 1 is 1.33 bits per heavy atom. The predicted octanol–water partition coefficient (Wildman–Crippen LogP) is 2.66. The predicted molar refractivity (Wildman–Crippen MR) is 73.0 cm³/mol. The van der Waals surface area contributed by atoms with Crippen molar-refractivity contribution in [1.82, 2.24) is 4.31 Å². The lowest BCUT2D eigenvalue weighted by atomic mass is 10.2. The van der Waals surface area contributed by atoms with E-state index < -0.39 is 35.4 Å². The minimum Gasteiger partial charge on any atom is -0.392 e. The van der Waals surface area contributed by atoms with Crippen LogP contribution in [0.25, 0.3) is 0 Å². The number of nitrogens with zero attached hydrogens (tertiary/aromatic N) is 1. The van der Waals surface area contributed by atoms with Crippen LogP contribution in [0, 0.1) is 0 Å². The monoisotopic (exact) mass is 387 g/mol. The van der Waals surface area contributed by atoms with Crippen molar-refractivity contribution in [1.29, 1.82) is 0 Å². The summed E-state index contributed by atoms with van der Waals surface area (Å²) in [5.41, 5.74) is 0.319. The molecule has 1 fully saturated rings. The molecule has 1 N–H and O–H groups in total. The fourth-order valence-corrected chi connectivity index (χ4v) is 4.57. The van der Waals surface area contributed by atoms with Gasteiger partial charge in [-0.25, -0.2) is 8.42 Å². The van der Waals surface area contributed by atoms with Gasteiger partial charge in [0.25, 0.3) is 0 Å². The summed E-state index contributed by atoms with van der Waals surface area (Å²) >= 11 is 3.04. The van der Waals surface area contributed by atoms with Gasteiger partial charge in [-0.05, 0) is 46.5 Å². The third-order valence-corrected chi connectivity index (χ3v) is 5.95. The molecule has 2 rings (SSSR count). The first kappa shape index (κ1) is 16.7. The van der Waals surface area contributed by atoms with E-state index in [0.717, 1.165) is 0 Å². The second-order valence-electron chi connectivity index (χ2n) is 4.82. The van der Waals surface area contributed by atoms with Crippen molar-refractivity contribution in [2.75, 3.05) is 6.54 Å². The van der Waals surface area contributed by atoms with Crippen LogP contribution in [-0.2, 0) is 16.6 Å². The van der Waals surface area contributed by atoms with Crippen LogP contribution >= 0.6 is 15.9 Å². The molecule has 9 heteroatoms. The van der Waals surface area contributed by atoms with Gasteiger partial charge in [-0.15, -0.1) is 0 Å².